The van der Waals surface area contributed by atoms with Gasteiger partial charge in [-0.2, -0.15) is 5.26 Å². The van der Waals surface area contributed by atoms with Crippen molar-refractivity contribution < 1.29 is 4.39 Å². The Labute approximate surface area is 225 Å². The summed E-state index contributed by atoms with van der Waals surface area (Å²) in [6, 6.07) is 19.7. The van der Waals surface area contributed by atoms with E-state index in [1.807, 2.05) is 97.9 Å². The minimum Gasteiger partial charge on any atom is -0.324 e. The number of alkyl halides is 1. The Hall–Kier alpha value is -3.26. The van der Waals surface area contributed by atoms with Crippen molar-refractivity contribution in [2.75, 3.05) is 5.32 Å². The molecule has 1 N–H and O–H groups in total. The van der Waals surface area contributed by atoms with Crippen molar-refractivity contribution in [3.63, 3.8) is 0 Å². The Morgan fingerprint density at radius 2 is 1.57 bits per heavy atom. The molecule has 0 aliphatic heterocycles. The maximum atomic E-state index is 15.1. The van der Waals surface area contributed by atoms with E-state index in [1.54, 1.807) is 13.1 Å². The second-order valence-electron chi connectivity index (χ2n) is 8.96. The van der Waals surface area contributed by atoms with Crippen LogP contribution in [0.4, 0.5) is 16.0 Å². The average molecular weight is 507 g/mol. The van der Waals surface area contributed by atoms with Gasteiger partial charge in [-0.25, -0.2) is 14.4 Å². The molecule has 0 saturated heterocycles. The van der Waals surface area contributed by atoms with Crippen LogP contribution < -0.4 is 5.32 Å². The second kappa shape index (κ2) is 18.9. The molecule has 0 aliphatic rings. The molecular formula is C32H47FN4. The molecule has 1 heterocycles. The van der Waals surface area contributed by atoms with Crippen LogP contribution in [-0.4, -0.2) is 9.97 Å². The first kappa shape index (κ1) is 33.7. The van der Waals surface area contributed by atoms with E-state index >= 15 is 4.39 Å². The average Bonchev–Trinajstić information content (AvgIpc) is 2.90. The van der Waals surface area contributed by atoms with Crippen LogP contribution >= 0.6 is 0 Å². The molecule has 1 unspecified atom stereocenters. The van der Waals surface area contributed by atoms with E-state index < -0.39 is 5.67 Å². The quantitative estimate of drug-likeness (QED) is 0.330. The van der Waals surface area contributed by atoms with E-state index in [9.17, 15) is 0 Å². The summed E-state index contributed by atoms with van der Waals surface area (Å²) in [6.07, 6.45) is 4.68. The predicted molar refractivity (Wildman–Crippen MR) is 157 cm³/mol. The largest absolute Gasteiger partial charge is 0.324 e. The lowest BCUT2D eigenvalue weighted by Crippen LogP contribution is -2.15. The summed E-state index contributed by atoms with van der Waals surface area (Å²) in [7, 11) is 0. The number of halogens is 1. The molecule has 0 bridgehead atoms. The third-order valence-corrected chi connectivity index (χ3v) is 5.42. The van der Waals surface area contributed by atoms with Crippen LogP contribution in [0.5, 0.6) is 0 Å². The second-order valence-corrected chi connectivity index (χ2v) is 8.96. The molecule has 4 nitrogen and oxygen atoms in total. The molecule has 2 aromatic carbocycles. The lowest BCUT2D eigenvalue weighted by atomic mass is 9.91. The van der Waals surface area contributed by atoms with Crippen LogP contribution in [0.2, 0.25) is 0 Å². The maximum absolute atomic E-state index is 15.1. The number of anilines is 2. The molecule has 3 rings (SSSR count). The summed E-state index contributed by atoms with van der Waals surface area (Å²) >= 11 is 0. The van der Waals surface area contributed by atoms with Crippen molar-refractivity contribution in [1.29, 1.82) is 5.26 Å². The Morgan fingerprint density at radius 1 is 0.973 bits per heavy atom. The van der Waals surface area contributed by atoms with Gasteiger partial charge >= 0.3 is 0 Å². The molecule has 1 aromatic heterocycles. The van der Waals surface area contributed by atoms with Crippen molar-refractivity contribution in [1.82, 2.24) is 9.97 Å². The third kappa shape index (κ3) is 13.6. The third-order valence-electron chi connectivity index (χ3n) is 5.42. The fourth-order valence-corrected chi connectivity index (χ4v) is 3.21. The lowest BCUT2D eigenvalue weighted by Gasteiger charge is -2.21. The van der Waals surface area contributed by atoms with E-state index in [4.69, 9.17) is 5.26 Å². The highest BCUT2D eigenvalue weighted by molar-refractivity contribution is 5.54. The molecule has 0 radical (unpaired) electrons. The molecule has 0 aliphatic carbocycles. The number of nitrogens with one attached hydrogen (secondary N) is 1. The van der Waals surface area contributed by atoms with Gasteiger partial charge < -0.3 is 5.32 Å². The van der Waals surface area contributed by atoms with Crippen LogP contribution in [0.3, 0.4) is 0 Å². The normalized spacial score (nSPS) is 11.3. The van der Waals surface area contributed by atoms with Gasteiger partial charge in [-0.15, -0.1) is 0 Å². The first-order chi connectivity index (χ1) is 17.7. The summed E-state index contributed by atoms with van der Waals surface area (Å²) in [5.74, 6) is 1.09. The van der Waals surface area contributed by atoms with E-state index in [2.05, 4.69) is 33.5 Å². The molecule has 1 atom stereocenters. The minimum atomic E-state index is -1.34. The fourth-order valence-electron chi connectivity index (χ4n) is 3.21. The van der Waals surface area contributed by atoms with Crippen molar-refractivity contribution in [3.8, 4) is 6.07 Å². The Morgan fingerprint density at radius 3 is 2.05 bits per heavy atom. The van der Waals surface area contributed by atoms with Gasteiger partial charge in [-0.1, -0.05) is 84.0 Å². The lowest BCUT2D eigenvalue weighted by molar-refractivity contribution is 0.173. The molecule has 0 fully saturated rings. The van der Waals surface area contributed by atoms with Crippen LogP contribution in [0.15, 0.2) is 60.8 Å². The number of hydrogen-bond acceptors (Lipinski definition) is 4. The molecule has 0 spiro atoms. The summed E-state index contributed by atoms with van der Waals surface area (Å²) in [6.45, 7) is 17.7. The number of aryl methyl sites for hydroxylation is 3. The Bertz CT molecular complexity index is 1020. The molecule has 202 valence electrons. The van der Waals surface area contributed by atoms with Crippen molar-refractivity contribution in [3.05, 3.63) is 83.2 Å². The van der Waals surface area contributed by atoms with Gasteiger partial charge in [0.15, 0.2) is 0 Å². The molecular weight excluding hydrogens is 459 g/mol. The summed E-state index contributed by atoms with van der Waals surface area (Å²) < 4.78 is 15.1. The number of hydrogen-bond donors (Lipinski definition) is 1. The van der Waals surface area contributed by atoms with Crippen LogP contribution in [0.25, 0.3) is 0 Å². The highest BCUT2D eigenvalue weighted by Crippen LogP contribution is 2.32. The molecule has 3 aromatic rings. The zero-order chi connectivity index (χ0) is 28.3. The molecule has 5 heteroatoms. The Kier molecular flexibility index (Phi) is 17.3. The monoisotopic (exact) mass is 506 g/mol. The minimum absolute atomic E-state index is 0.495. The number of nitrogens with zero attached hydrogens (tertiary/aromatic N) is 3. The smallest absolute Gasteiger partial charge is 0.227 e. The fraction of sp³-hybridized carbons (Fsp3) is 0.469. The first-order valence-corrected chi connectivity index (χ1v) is 13.5. The van der Waals surface area contributed by atoms with E-state index in [0.717, 1.165) is 29.8 Å². The van der Waals surface area contributed by atoms with Crippen molar-refractivity contribution in [2.24, 2.45) is 5.92 Å². The van der Waals surface area contributed by atoms with Gasteiger partial charge in [0.2, 0.25) is 5.95 Å². The molecule has 0 amide bonds. The Balaban J connectivity index is 0.00000112. The van der Waals surface area contributed by atoms with Gasteiger partial charge in [0.25, 0.3) is 0 Å². The van der Waals surface area contributed by atoms with Gasteiger partial charge in [-0.3, -0.25) is 0 Å². The van der Waals surface area contributed by atoms with E-state index in [1.165, 1.54) is 5.56 Å². The number of benzene rings is 2. The van der Waals surface area contributed by atoms with E-state index in [-0.39, 0.29) is 0 Å². The predicted octanol–water partition coefficient (Wildman–Crippen LogP) is 9.65. The van der Waals surface area contributed by atoms with Crippen molar-refractivity contribution >= 4 is 11.6 Å². The van der Waals surface area contributed by atoms with Gasteiger partial charge in [-0.05, 0) is 74.8 Å². The van der Waals surface area contributed by atoms with Crippen LogP contribution in [0.1, 0.15) is 90.1 Å². The molecule has 37 heavy (non-hydrogen) atoms. The SMILES string of the molecule is CC.CC.CC(C)CC#N.Cc1cnc(Nc2ccc(C(C)(F)CCCc3ccccc3)cc2)nc1C. The van der Waals surface area contributed by atoms with Gasteiger partial charge in [0, 0.05) is 24.0 Å². The standard InChI is InChI=1S/C23H26FN3.C5H9N.2C2H6/c1-17-16-25-22(26-18(17)2)27-21-13-11-20(12-14-21)23(3,24)15-7-10-19-8-5-4-6-9-19;1-5(2)3-4-6;2*1-2/h4-6,8-9,11-14,16H,7,10,15H2,1-3H3,(H,25,26,27);5H,3H2,1-2H3;2*1-2H3. The van der Waals surface area contributed by atoms with Crippen LogP contribution in [0, 0.1) is 31.1 Å². The number of nitriles is 1. The molecule has 0 saturated carbocycles. The van der Waals surface area contributed by atoms with Gasteiger partial charge in [0.1, 0.15) is 5.67 Å². The zero-order valence-electron chi connectivity index (χ0n) is 24.4. The summed E-state index contributed by atoms with van der Waals surface area (Å²) in [5, 5.41) is 11.2. The topological polar surface area (TPSA) is 61.6 Å². The maximum Gasteiger partial charge on any atom is 0.227 e. The summed E-state index contributed by atoms with van der Waals surface area (Å²) in [4.78, 5) is 8.69. The van der Waals surface area contributed by atoms with Gasteiger partial charge in [0.05, 0.1) is 6.07 Å². The van der Waals surface area contributed by atoms with E-state index in [0.29, 0.717) is 30.3 Å². The number of aromatic nitrogens is 2. The highest BCUT2D eigenvalue weighted by Gasteiger charge is 2.25. The highest BCUT2D eigenvalue weighted by atomic mass is 19.1. The zero-order valence-corrected chi connectivity index (χ0v) is 24.4. The number of rotatable bonds is 8. The van der Waals surface area contributed by atoms with Crippen molar-refractivity contribution in [2.45, 2.75) is 93.7 Å². The van der Waals surface area contributed by atoms with Crippen LogP contribution in [-0.2, 0) is 12.1 Å². The first-order valence-electron chi connectivity index (χ1n) is 13.5. The summed E-state index contributed by atoms with van der Waals surface area (Å²) in [5.41, 5.74) is 3.45.